The van der Waals surface area contributed by atoms with E-state index in [9.17, 15) is 9.59 Å². The third-order valence-corrected chi connectivity index (χ3v) is 4.76. The van der Waals surface area contributed by atoms with Crippen LogP contribution < -0.4 is 0 Å². The number of esters is 1. The van der Waals surface area contributed by atoms with Gasteiger partial charge < -0.3 is 19.1 Å². The molecule has 3 heterocycles. The number of carbonyl (C=O) groups excluding carboxylic acids is 2. The van der Waals surface area contributed by atoms with Crippen molar-refractivity contribution in [1.29, 1.82) is 0 Å². The molecule has 0 saturated carbocycles. The Labute approximate surface area is 136 Å². The van der Waals surface area contributed by atoms with Crippen molar-refractivity contribution in [1.82, 2.24) is 4.90 Å². The lowest BCUT2D eigenvalue weighted by Gasteiger charge is -2.22. The minimum absolute atomic E-state index is 0.000509. The maximum atomic E-state index is 12.8. The highest BCUT2D eigenvalue weighted by Crippen LogP contribution is 2.52. The fourth-order valence-corrected chi connectivity index (χ4v) is 3.85. The molecule has 0 unspecified atom stereocenters. The summed E-state index contributed by atoms with van der Waals surface area (Å²) in [5.74, 6) is -1.28. The first-order valence-electron chi connectivity index (χ1n) is 8.42. The number of amides is 1. The van der Waals surface area contributed by atoms with Gasteiger partial charge in [-0.15, -0.1) is 0 Å². The van der Waals surface area contributed by atoms with E-state index in [0.717, 1.165) is 6.42 Å². The van der Waals surface area contributed by atoms with Crippen molar-refractivity contribution in [3.8, 4) is 0 Å². The lowest BCUT2D eigenvalue weighted by atomic mass is 9.77. The van der Waals surface area contributed by atoms with Crippen LogP contribution in [0.1, 0.15) is 27.2 Å². The van der Waals surface area contributed by atoms with E-state index in [1.54, 1.807) is 11.8 Å². The minimum Gasteiger partial charge on any atom is -0.466 e. The van der Waals surface area contributed by atoms with Crippen molar-refractivity contribution in [3.63, 3.8) is 0 Å². The minimum atomic E-state index is -0.641. The monoisotopic (exact) mass is 323 g/mol. The highest BCUT2D eigenvalue weighted by atomic mass is 16.6. The molecule has 0 aromatic carbocycles. The summed E-state index contributed by atoms with van der Waals surface area (Å²) < 4.78 is 16.7. The largest absolute Gasteiger partial charge is 0.466 e. The number of rotatable bonds is 7. The van der Waals surface area contributed by atoms with Crippen LogP contribution in [-0.4, -0.2) is 60.9 Å². The van der Waals surface area contributed by atoms with Crippen molar-refractivity contribution < 1.29 is 23.8 Å². The number of likely N-dealkylation sites (tertiary alicyclic amines) is 1. The van der Waals surface area contributed by atoms with Gasteiger partial charge in [0.05, 0.1) is 31.3 Å². The van der Waals surface area contributed by atoms with Crippen molar-refractivity contribution in [2.45, 2.75) is 45.0 Å². The molecular formula is C17H25NO5. The Morgan fingerprint density at radius 2 is 2.30 bits per heavy atom. The summed E-state index contributed by atoms with van der Waals surface area (Å²) in [6.07, 6.45) is 4.51. The summed E-state index contributed by atoms with van der Waals surface area (Å²) in [6.45, 7) is 7.84. The number of hydrogen-bond donors (Lipinski definition) is 0. The molecule has 0 aromatic heterocycles. The fraction of sp³-hybridized carbons (Fsp3) is 0.765. The van der Waals surface area contributed by atoms with Crippen molar-refractivity contribution in [2.24, 2.45) is 11.8 Å². The van der Waals surface area contributed by atoms with Gasteiger partial charge in [0.15, 0.2) is 0 Å². The van der Waals surface area contributed by atoms with Crippen LogP contribution in [0.2, 0.25) is 0 Å². The fourth-order valence-electron chi connectivity index (χ4n) is 3.85. The van der Waals surface area contributed by atoms with Gasteiger partial charge in [0.25, 0.3) is 0 Å². The molecule has 0 radical (unpaired) electrons. The Kier molecular flexibility index (Phi) is 4.47. The van der Waals surface area contributed by atoms with E-state index in [0.29, 0.717) is 26.3 Å². The first kappa shape index (κ1) is 16.5. The average molecular weight is 323 g/mol. The molecule has 2 fully saturated rings. The summed E-state index contributed by atoms with van der Waals surface area (Å²) in [5, 5.41) is 0. The van der Waals surface area contributed by atoms with Crippen LogP contribution in [0.3, 0.4) is 0 Å². The van der Waals surface area contributed by atoms with Gasteiger partial charge in [-0.1, -0.05) is 12.2 Å². The summed E-state index contributed by atoms with van der Waals surface area (Å²) in [6, 6.07) is 0. The van der Waals surface area contributed by atoms with Gasteiger partial charge in [0.1, 0.15) is 11.5 Å². The second-order valence-corrected chi connectivity index (χ2v) is 6.68. The lowest BCUT2D eigenvalue weighted by molar-refractivity contribution is -0.153. The van der Waals surface area contributed by atoms with Crippen LogP contribution >= 0.6 is 0 Å². The molecule has 4 atom stereocenters. The van der Waals surface area contributed by atoms with Crippen LogP contribution in [0.4, 0.5) is 0 Å². The predicted molar refractivity (Wildman–Crippen MR) is 82.6 cm³/mol. The molecule has 128 valence electrons. The van der Waals surface area contributed by atoms with Gasteiger partial charge in [0, 0.05) is 13.2 Å². The Hall–Kier alpha value is -1.40. The lowest BCUT2D eigenvalue weighted by Crippen LogP contribution is -2.40. The smallest absolute Gasteiger partial charge is 0.312 e. The van der Waals surface area contributed by atoms with Crippen LogP contribution in [0.5, 0.6) is 0 Å². The number of ether oxygens (including phenoxy) is 3. The van der Waals surface area contributed by atoms with Crippen LogP contribution in [0.25, 0.3) is 0 Å². The first-order valence-corrected chi connectivity index (χ1v) is 8.42. The van der Waals surface area contributed by atoms with Gasteiger partial charge in [0.2, 0.25) is 5.91 Å². The zero-order valence-electron chi connectivity index (χ0n) is 14.0. The van der Waals surface area contributed by atoms with E-state index in [1.165, 1.54) is 0 Å². The highest BCUT2D eigenvalue weighted by Gasteiger charge is 2.67. The molecule has 1 amide bonds. The molecule has 3 aliphatic heterocycles. The zero-order chi connectivity index (χ0) is 16.6. The number of fused-ring (bicyclic) bond motifs is 1. The number of nitrogens with zero attached hydrogens (tertiary/aromatic N) is 1. The van der Waals surface area contributed by atoms with Gasteiger partial charge in [-0.05, 0) is 27.2 Å². The van der Waals surface area contributed by atoms with Gasteiger partial charge in [-0.3, -0.25) is 9.59 Å². The predicted octanol–water partition coefficient (Wildman–Crippen LogP) is 1.15. The number of hydrogen-bond acceptors (Lipinski definition) is 5. The third-order valence-electron chi connectivity index (χ3n) is 4.76. The molecular weight excluding hydrogens is 298 g/mol. The molecule has 2 saturated heterocycles. The Bertz CT molecular complexity index is 517. The number of carbonyl (C=O) groups is 2. The molecule has 0 aromatic rings. The molecule has 3 aliphatic rings. The summed E-state index contributed by atoms with van der Waals surface area (Å²) in [5.41, 5.74) is -0.641. The molecule has 6 nitrogen and oxygen atoms in total. The molecule has 2 bridgehead atoms. The molecule has 1 spiro atoms. The topological polar surface area (TPSA) is 65.1 Å². The van der Waals surface area contributed by atoms with Gasteiger partial charge in [-0.2, -0.15) is 0 Å². The second-order valence-electron chi connectivity index (χ2n) is 6.68. The first-order chi connectivity index (χ1) is 11.0. The average Bonchev–Trinajstić information content (AvgIpc) is 3.12. The summed E-state index contributed by atoms with van der Waals surface area (Å²) in [4.78, 5) is 26.8. The Balaban J connectivity index is 1.66. The SMILES string of the molecule is CCOC(=O)[C@@H]1[C@H]2C(=O)N(CCCOC(C)C)C[C@@]23C=C[C@H]1O3. The van der Waals surface area contributed by atoms with E-state index in [4.69, 9.17) is 14.2 Å². The molecule has 23 heavy (non-hydrogen) atoms. The second kappa shape index (κ2) is 6.24. The maximum absolute atomic E-state index is 12.8. The maximum Gasteiger partial charge on any atom is 0.312 e. The van der Waals surface area contributed by atoms with Crippen molar-refractivity contribution in [2.75, 3.05) is 26.3 Å². The Morgan fingerprint density at radius 3 is 3.00 bits per heavy atom. The summed E-state index contributed by atoms with van der Waals surface area (Å²) in [7, 11) is 0. The van der Waals surface area contributed by atoms with E-state index >= 15 is 0 Å². The van der Waals surface area contributed by atoms with Gasteiger partial charge >= 0.3 is 5.97 Å². The molecule has 0 N–H and O–H groups in total. The van der Waals surface area contributed by atoms with E-state index in [-0.39, 0.29) is 24.1 Å². The van der Waals surface area contributed by atoms with E-state index in [1.807, 2.05) is 26.0 Å². The van der Waals surface area contributed by atoms with E-state index < -0.39 is 17.4 Å². The molecule has 6 heteroatoms. The standard InChI is InChI=1S/C17H25NO5/c1-4-21-16(20)13-12-6-7-17(23-12)10-18(15(19)14(13)17)8-5-9-22-11(2)3/h6-7,11-14H,4-5,8-10H2,1-3H3/t12-,13+,14+,17+/m1/s1. The van der Waals surface area contributed by atoms with Crippen molar-refractivity contribution in [3.05, 3.63) is 12.2 Å². The molecule has 0 aliphatic carbocycles. The van der Waals surface area contributed by atoms with Gasteiger partial charge in [-0.25, -0.2) is 0 Å². The van der Waals surface area contributed by atoms with Crippen LogP contribution in [-0.2, 0) is 23.8 Å². The third kappa shape index (κ3) is 2.78. The highest BCUT2D eigenvalue weighted by molar-refractivity contribution is 5.91. The summed E-state index contributed by atoms with van der Waals surface area (Å²) >= 11 is 0. The zero-order valence-corrected chi connectivity index (χ0v) is 14.0. The normalized spacial score (nSPS) is 34.5. The van der Waals surface area contributed by atoms with Crippen molar-refractivity contribution >= 4 is 11.9 Å². The van der Waals surface area contributed by atoms with Crippen LogP contribution in [0.15, 0.2) is 12.2 Å². The van der Waals surface area contributed by atoms with E-state index in [2.05, 4.69) is 0 Å². The van der Waals surface area contributed by atoms with Crippen LogP contribution in [0, 0.1) is 11.8 Å². The quantitative estimate of drug-likeness (QED) is 0.399. The Morgan fingerprint density at radius 1 is 1.52 bits per heavy atom. The molecule has 3 rings (SSSR count).